The van der Waals surface area contributed by atoms with Gasteiger partial charge in [0, 0.05) is 24.0 Å². The number of nitrogens with one attached hydrogen (secondary N) is 1. The second kappa shape index (κ2) is 6.54. The number of aromatic nitrogens is 2. The van der Waals surface area contributed by atoms with Gasteiger partial charge in [-0.25, -0.2) is 8.42 Å². The van der Waals surface area contributed by atoms with Crippen molar-refractivity contribution in [2.45, 2.75) is 11.8 Å². The molecule has 0 fully saturated rings. The van der Waals surface area contributed by atoms with E-state index in [1.807, 2.05) is 0 Å². The minimum absolute atomic E-state index is 0.123. The van der Waals surface area contributed by atoms with Gasteiger partial charge in [0.15, 0.2) is 9.84 Å². The quantitative estimate of drug-likeness (QED) is 0.707. The largest absolute Gasteiger partial charge is 0.365 e. The SMILES string of the molecule is Cc1cc(S(C)(=O)=O)cc2c(Nc3cncc(Cl)c3)c(C(N)=O)cnc12. The first-order valence-corrected chi connectivity index (χ1v) is 9.74. The van der Waals surface area contributed by atoms with Gasteiger partial charge in [-0.1, -0.05) is 11.6 Å². The Labute approximate surface area is 155 Å². The van der Waals surface area contributed by atoms with Gasteiger partial charge < -0.3 is 11.1 Å². The summed E-state index contributed by atoms with van der Waals surface area (Å²) in [5, 5.41) is 3.93. The zero-order valence-corrected chi connectivity index (χ0v) is 15.5. The van der Waals surface area contributed by atoms with E-state index in [-0.39, 0.29) is 10.5 Å². The molecule has 1 amide bonds. The van der Waals surface area contributed by atoms with Gasteiger partial charge >= 0.3 is 0 Å². The Hall–Kier alpha value is -2.71. The third kappa shape index (κ3) is 3.47. The molecule has 3 N–H and O–H groups in total. The topological polar surface area (TPSA) is 115 Å². The first kappa shape index (κ1) is 18.1. The molecule has 0 bridgehead atoms. The number of hydrogen-bond donors (Lipinski definition) is 2. The standard InChI is InChI=1S/C17H15ClN4O3S/c1-9-3-12(26(2,24)25)5-13-15(9)21-8-14(17(19)23)16(13)22-11-4-10(18)6-20-7-11/h3-8H,1-2H3,(H2,19,23)(H,21,22). The van der Waals surface area contributed by atoms with E-state index < -0.39 is 15.7 Å². The van der Waals surface area contributed by atoms with Crippen LogP contribution in [0.2, 0.25) is 5.02 Å². The summed E-state index contributed by atoms with van der Waals surface area (Å²) in [6.45, 7) is 1.75. The van der Waals surface area contributed by atoms with Crippen molar-refractivity contribution >= 4 is 49.6 Å². The zero-order chi connectivity index (χ0) is 19.1. The summed E-state index contributed by atoms with van der Waals surface area (Å²) in [6.07, 6.45) is 5.47. The average Bonchev–Trinajstić information content (AvgIpc) is 2.54. The number of amides is 1. The molecule has 2 heterocycles. The molecule has 3 aromatic rings. The third-order valence-corrected chi connectivity index (χ3v) is 5.10. The predicted molar refractivity (Wildman–Crippen MR) is 101 cm³/mol. The summed E-state index contributed by atoms with van der Waals surface area (Å²) in [6, 6.07) is 4.63. The molecule has 0 radical (unpaired) electrons. The van der Waals surface area contributed by atoms with Crippen molar-refractivity contribution in [1.29, 1.82) is 0 Å². The van der Waals surface area contributed by atoms with Crippen LogP contribution in [0.4, 0.5) is 11.4 Å². The molecule has 0 aliphatic rings. The second-order valence-electron chi connectivity index (χ2n) is 5.84. The lowest BCUT2D eigenvalue weighted by molar-refractivity contribution is 0.100. The van der Waals surface area contributed by atoms with Crippen molar-refractivity contribution in [3.63, 3.8) is 0 Å². The first-order chi connectivity index (χ1) is 12.2. The molecular weight excluding hydrogens is 376 g/mol. The van der Waals surface area contributed by atoms with E-state index in [9.17, 15) is 13.2 Å². The van der Waals surface area contributed by atoms with Gasteiger partial charge in [0.1, 0.15) is 0 Å². The monoisotopic (exact) mass is 390 g/mol. The molecule has 0 aliphatic carbocycles. The number of sulfone groups is 1. The van der Waals surface area contributed by atoms with Gasteiger partial charge in [0.05, 0.1) is 38.6 Å². The highest BCUT2D eigenvalue weighted by Crippen LogP contribution is 2.32. The number of benzene rings is 1. The molecule has 0 unspecified atom stereocenters. The van der Waals surface area contributed by atoms with Crippen LogP contribution in [0.25, 0.3) is 10.9 Å². The van der Waals surface area contributed by atoms with Crippen LogP contribution in [0.5, 0.6) is 0 Å². The second-order valence-corrected chi connectivity index (χ2v) is 8.29. The molecule has 0 saturated heterocycles. The number of rotatable bonds is 4. The molecule has 26 heavy (non-hydrogen) atoms. The molecule has 1 aromatic carbocycles. The molecule has 2 aromatic heterocycles. The van der Waals surface area contributed by atoms with E-state index in [1.165, 1.54) is 24.7 Å². The zero-order valence-electron chi connectivity index (χ0n) is 13.9. The number of nitrogens with two attached hydrogens (primary N) is 1. The highest BCUT2D eigenvalue weighted by Gasteiger charge is 2.18. The van der Waals surface area contributed by atoms with Gasteiger partial charge in [-0.05, 0) is 30.7 Å². The van der Waals surface area contributed by atoms with Crippen LogP contribution >= 0.6 is 11.6 Å². The Morgan fingerprint density at radius 2 is 1.92 bits per heavy atom. The van der Waals surface area contributed by atoms with E-state index in [0.29, 0.717) is 32.9 Å². The number of primary amides is 1. The van der Waals surface area contributed by atoms with Crippen LogP contribution in [-0.2, 0) is 9.84 Å². The average molecular weight is 391 g/mol. The highest BCUT2D eigenvalue weighted by atomic mass is 35.5. The van der Waals surface area contributed by atoms with Crippen LogP contribution in [0.15, 0.2) is 41.7 Å². The maximum absolute atomic E-state index is 12.0. The normalized spacial score (nSPS) is 11.5. The number of nitrogens with zero attached hydrogens (tertiary/aromatic N) is 2. The van der Waals surface area contributed by atoms with Crippen LogP contribution in [-0.4, -0.2) is 30.5 Å². The van der Waals surface area contributed by atoms with Crippen molar-refractivity contribution in [2.75, 3.05) is 11.6 Å². The maximum atomic E-state index is 12.0. The van der Waals surface area contributed by atoms with Crippen molar-refractivity contribution in [1.82, 2.24) is 9.97 Å². The van der Waals surface area contributed by atoms with E-state index in [2.05, 4.69) is 15.3 Å². The van der Waals surface area contributed by atoms with Crippen LogP contribution in [0.1, 0.15) is 15.9 Å². The van der Waals surface area contributed by atoms with E-state index in [0.717, 1.165) is 6.26 Å². The molecular formula is C17H15ClN4O3S. The number of fused-ring (bicyclic) bond motifs is 1. The minimum atomic E-state index is -3.45. The Morgan fingerprint density at radius 3 is 2.54 bits per heavy atom. The van der Waals surface area contributed by atoms with Gasteiger partial charge in [-0.2, -0.15) is 0 Å². The fraction of sp³-hybridized carbons (Fsp3) is 0.118. The lowest BCUT2D eigenvalue weighted by Gasteiger charge is -2.15. The van der Waals surface area contributed by atoms with Crippen molar-refractivity contribution in [3.05, 3.63) is 52.9 Å². The summed E-state index contributed by atoms with van der Waals surface area (Å²) in [4.78, 5) is 20.2. The summed E-state index contributed by atoms with van der Waals surface area (Å²) in [5.74, 6) is -0.695. The summed E-state index contributed by atoms with van der Waals surface area (Å²) in [7, 11) is -3.45. The van der Waals surface area contributed by atoms with Gasteiger partial charge in [-0.3, -0.25) is 14.8 Å². The number of anilines is 2. The molecule has 9 heteroatoms. The fourth-order valence-electron chi connectivity index (χ4n) is 2.61. The number of hydrogen-bond acceptors (Lipinski definition) is 6. The summed E-state index contributed by atoms with van der Waals surface area (Å²) in [5.41, 5.74) is 7.68. The Balaban J connectivity index is 2.34. The van der Waals surface area contributed by atoms with Crippen LogP contribution in [0, 0.1) is 6.92 Å². The number of carbonyl (C=O) groups excluding carboxylic acids is 1. The minimum Gasteiger partial charge on any atom is -0.365 e. The number of carbonyl (C=O) groups is 1. The van der Waals surface area contributed by atoms with Crippen molar-refractivity contribution in [3.8, 4) is 0 Å². The molecule has 7 nitrogen and oxygen atoms in total. The Kier molecular flexibility index (Phi) is 4.55. The Bertz CT molecular complexity index is 1150. The molecule has 0 spiro atoms. The van der Waals surface area contributed by atoms with E-state index >= 15 is 0 Å². The smallest absolute Gasteiger partial charge is 0.252 e. The van der Waals surface area contributed by atoms with Crippen molar-refractivity contribution < 1.29 is 13.2 Å². The summed E-state index contributed by atoms with van der Waals surface area (Å²) < 4.78 is 24.0. The van der Waals surface area contributed by atoms with Crippen molar-refractivity contribution in [2.24, 2.45) is 5.73 Å². The van der Waals surface area contributed by atoms with Crippen LogP contribution in [0.3, 0.4) is 0 Å². The number of aryl methyl sites for hydroxylation is 1. The Morgan fingerprint density at radius 1 is 1.19 bits per heavy atom. The molecule has 3 rings (SSSR count). The van der Waals surface area contributed by atoms with E-state index in [1.54, 1.807) is 19.1 Å². The highest BCUT2D eigenvalue weighted by molar-refractivity contribution is 7.90. The van der Waals surface area contributed by atoms with Crippen LogP contribution < -0.4 is 11.1 Å². The van der Waals surface area contributed by atoms with Gasteiger partial charge in [-0.15, -0.1) is 0 Å². The third-order valence-electron chi connectivity index (χ3n) is 3.80. The predicted octanol–water partition coefficient (Wildman–Crippen LogP) is 2.84. The number of halogens is 1. The maximum Gasteiger partial charge on any atom is 0.252 e. The molecule has 0 saturated carbocycles. The first-order valence-electron chi connectivity index (χ1n) is 7.47. The molecule has 0 atom stereocenters. The molecule has 0 aliphatic heterocycles. The van der Waals surface area contributed by atoms with E-state index in [4.69, 9.17) is 17.3 Å². The number of pyridine rings is 2. The van der Waals surface area contributed by atoms with Gasteiger partial charge in [0.25, 0.3) is 5.91 Å². The fourth-order valence-corrected chi connectivity index (χ4v) is 3.50. The summed E-state index contributed by atoms with van der Waals surface area (Å²) >= 11 is 5.96. The van der Waals surface area contributed by atoms with Gasteiger partial charge in [0.2, 0.25) is 0 Å². The lowest BCUT2D eigenvalue weighted by atomic mass is 10.1. The molecule has 134 valence electrons. The lowest BCUT2D eigenvalue weighted by Crippen LogP contribution is -2.14.